The van der Waals surface area contributed by atoms with Crippen LogP contribution in [0.3, 0.4) is 0 Å². The number of nitrogens with zero attached hydrogens (tertiary/aromatic N) is 1. The minimum Gasteiger partial charge on any atom is -0.381 e. The summed E-state index contributed by atoms with van der Waals surface area (Å²) in [5.74, 6) is 0.694. The van der Waals surface area contributed by atoms with Crippen LogP contribution in [0.15, 0.2) is 16.0 Å². The van der Waals surface area contributed by atoms with E-state index in [1.165, 1.54) is 122 Å². The van der Waals surface area contributed by atoms with Crippen molar-refractivity contribution in [3.05, 3.63) is 11.6 Å². The highest BCUT2D eigenvalue weighted by Gasteiger charge is 2.07. The highest BCUT2D eigenvalue weighted by molar-refractivity contribution is 7.79. The number of thiol groups is 1. The molecule has 1 N–H and O–H groups in total. The first-order valence-corrected chi connectivity index (χ1v) is 22.0. The summed E-state index contributed by atoms with van der Waals surface area (Å²) in [5.41, 5.74) is 2.34. The number of methoxy groups -OCH3 is 1. The number of unbranched alkanes of at least 4 members (excludes halogenated alkanes) is 18. The fourth-order valence-electron chi connectivity index (χ4n) is 4.42. The van der Waals surface area contributed by atoms with Crippen LogP contribution in [0.1, 0.15) is 244 Å². The van der Waals surface area contributed by atoms with E-state index in [4.69, 9.17) is 10.1 Å². The summed E-state index contributed by atoms with van der Waals surface area (Å²) in [4.78, 5) is 10.1. The van der Waals surface area contributed by atoms with E-state index in [-0.39, 0.29) is 0 Å². The maximum Gasteiger partial charge on any atom is 0.119 e. The van der Waals surface area contributed by atoms with Crippen LogP contribution in [0.4, 0.5) is 0 Å². The molecule has 50 heavy (non-hydrogen) atoms. The molecule has 2 unspecified atom stereocenters. The molecular formula is C45H96N2O2S. The van der Waals surface area contributed by atoms with Crippen molar-refractivity contribution in [3.63, 3.8) is 0 Å². The third-order valence-electron chi connectivity index (χ3n) is 8.52. The smallest absolute Gasteiger partial charge is 0.119 e. The van der Waals surface area contributed by atoms with Crippen molar-refractivity contribution in [3.8, 4) is 0 Å². The van der Waals surface area contributed by atoms with Crippen molar-refractivity contribution in [1.82, 2.24) is 0 Å². The summed E-state index contributed by atoms with van der Waals surface area (Å²) >= 11 is 3.88. The van der Waals surface area contributed by atoms with E-state index in [1.807, 2.05) is 13.8 Å². The Balaban J connectivity index is -0.000000127. The zero-order valence-electron chi connectivity index (χ0n) is 37.0. The normalized spacial score (nSPS) is 11.7. The van der Waals surface area contributed by atoms with Crippen LogP contribution in [0.2, 0.25) is 0 Å². The van der Waals surface area contributed by atoms with Gasteiger partial charge in [-0.3, -0.25) is 0 Å². The van der Waals surface area contributed by atoms with E-state index in [2.05, 4.69) is 92.5 Å². The molecule has 0 aromatic heterocycles. The standard InChI is InChI=1S/C15H30O.C10H18N2S.C7H16O.C7H16.C4H10.C2H6/c1-2-3-4-5-6-7-8-9-10-11-12-13-14-15-16;1-4-6-7-9(5-2)10(12-13)8(3)11;1-5-6(2)7(3)8-4;1-3-5-7-6-4-2;1-3-4-2;1-2/h15H,2-14H2,1H3;7,11,13H,4-6H2,1-3H3;6-7H,5H2,1-4H3;3-7H2,1-2H3;3-4H2,1-2H3;1-2H3/b;9-7+,11-8?,12-10+;;;;. The first-order chi connectivity index (χ1) is 24.1. The Morgan fingerprint density at radius 3 is 1.26 bits per heavy atom. The number of rotatable bonds is 26. The first-order valence-electron chi connectivity index (χ1n) is 21.6. The first kappa shape index (κ1) is 61.1. The van der Waals surface area contributed by atoms with Crippen LogP contribution in [0, 0.1) is 11.3 Å². The number of ether oxygens (including phenoxy) is 1. The summed E-state index contributed by atoms with van der Waals surface area (Å²) < 4.78 is 8.93. The number of hydrogen-bond donors (Lipinski definition) is 2. The molecule has 0 heterocycles. The van der Waals surface area contributed by atoms with E-state index in [1.54, 1.807) is 14.0 Å². The van der Waals surface area contributed by atoms with E-state index in [9.17, 15) is 4.79 Å². The minimum absolute atomic E-state index is 0.417. The molecule has 0 radical (unpaired) electrons. The molecule has 4 nitrogen and oxygen atoms in total. The molecule has 0 aliphatic heterocycles. The fourth-order valence-corrected chi connectivity index (χ4v) is 4.70. The van der Waals surface area contributed by atoms with E-state index < -0.39 is 0 Å². The SMILES string of the molecule is CC.CCC(C)C(C)OC.CCC/C=C(CC)/C(=N/S)C(C)=N.CCCC.CCCCCCC.CCCCCCCCCCCCCCC=O. The van der Waals surface area contributed by atoms with Gasteiger partial charge < -0.3 is 14.9 Å². The highest BCUT2D eigenvalue weighted by atomic mass is 32.1. The summed E-state index contributed by atoms with van der Waals surface area (Å²) in [6, 6.07) is 0. The second-order valence-corrected chi connectivity index (χ2v) is 13.4. The van der Waals surface area contributed by atoms with Gasteiger partial charge in [-0.1, -0.05) is 211 Å². The zero-order valence-corrected chi connectivity index (χ0v) is 37.9. The Morgan fingerprint density at radius 1 is 0.640 bits per heavy atom. The van der Waals surface area contributed by atoms with Gasteiger partial charge in [0.1, 0.15) is 6.29 Å². The average molecular weight is 729 g/mol. The topological polar surface area (TPSA) is 62.5 Å². The van der Waals surface area contributed by atoms with Crippen LogP contribution in [-0.4, -0.2) is 30.9 Å². The maximum atomic E-state index is 10.1. The van der Waals surface area contributed by atoms with Gasteiger partial charge in [0.15, 0.2) is 0 Å². The molecular weight excluding hydrogens is 633 g/mol. The average Bonchev–Trinajstić information content (AvgIpc) is 3.14. The van der Waals surface area contributed by atoms with E-state index in [0.717, 1.165) is 49.7 Å². The quantitative estimate of drug-likeness (QED) is 0.0403. The Morgan fingerprint density at radius 2 is 1.02 bits per heavy atom. The van der Waals surface area contributed by atoms with Crippen LogP contribution in [0.25, 0.3) is 0 Å². The summed E-state index contributed by atoms with van der Waals surface area (Å²) in [7, 11) is 1.76. The van der Waals surface area contributed by atoms with Gasteiger partial charge in [0.2, 0.25) is 0 Å². The molecule has 0 bridgehead atoms. The molecule has 0 spiro atoms. The lowest BCUT2D eigenvalue weighted by atomic mass is 10.0. The van der Waals surface area contributed by atoms with Crippen LogP contribution >= 0.6 is 12.8 Å². The molecule has 0 fully saturated rings. The predicted molar refractivity (Wildman–Crippen MR) is 237 cm³/mol. The van der Waals surface area contributed by atoms with Crippen LogP contribution in [-0.2, 0) is 9.53 Å². The van der Waals surface area contributed by atoms with Crippen molar-refractivity contribution >= 4 is 30.5 Å². The Hall–Kier alpha value is -0.940. The van der Waals surface area contributed by atoms with Crippen molar-refractivity contribution in [2.45, 2.75) is 250 Å². The molecule has 0 aliphatic rings. The van der Waals surface area contributed by atoms with Crippen molar-refractivity contribution in [1.29, 1.82) is 5.41 Å². The Bertz CT molecular complexity index is 649. The lowest BCUT2D eigenvalue weighted by Crippen LogP contribution is -2.14. The number of nitrogens with one attached hydrogen (secondary N) is 1. The second-order valence-electron chi connectivity index (χ2n) is 13.2. The number of carbonyl (C=O) groups is 1. The summed E-state index contributed by atoms with van der Waals surface area (Å²) in [5, 5.41) is 7.50. The van der Waals surface area contributed by atoms with E-state index in [0.29, 0.717) is 17.7 Å². The molecule has 0 rings (SSSR count). The number of allylic oxidation sites excluding steroid dienone is 2. The maximum absolute atomic E-state index is 10.1. The molecule has 0 aliphatic carbocycles. The lowest BCUT2D eigenvalue weighted by Gasteiger charge is -2.15. The third kappa shape index (κ3) is 59.2. The predicted octanol–water partition coefficient (Wildman–Crippen LogP) is 16.6. The van der Waals surface area contributed by atoms with Gasteiger partial charge in [-0.05, 0) is 57.4 Å². The van der Waals surface area contributed by atoms with Crippen molar-refractivity contribution in [2.75, 3.05) is 7.11 Å². The van der Waals surface area contributed by atoms with Gasteiger partial charge in [-0.25, -0.2) is 4.40 Å². The molecule has 2 atom stereocenters. The summed E-state index contributed by atoms with van der Waals surface area (Å²) in [6.45, 7) is 27.6. The van der Waals surface area contributed by atoms with Gasteiger partial charge in [0.25, 0.3) is 0 Å². The summed E-state index contributed by atoms with van der Waals surface area (Å²) in [6.07, 6.45) is 34.6. The molecule has 5 heteroatoms. The minimum atomic E-state index is 0.417. The highest BCUT2D eigenvalue weighted by Crippen LogP contribution is 2.12. The van der Waals surface area contributed by atoms with Crippen LogP contribution in [0.5, 0.6) is 0 Å². The molecule has 304 valence electrons. The number of aldehydes is 1. The van der Waals surface area contributed by atoms with Gasteiger partial charge in [-0.2, -0.15) is 0 Å². The van der Waals surface area contributed by atoms with Gasteiger partial charge in [-0.15, -0.1) is 0 Å². The molecule has 0 aromatic rings. The third-order valence-corrected chi connectivity index (χ3v) is 8.72. The number of hydrogen-bond acceptors (Lipinski definition) is 5. The Labute approximate surface area is 323 Å². The molecule has 0 aromatic carbocycles. The molecule has 0 amide bonds. The lowest BCUT2D eigenvalue weighted by molar-refractivity contribution is -0.107. The second kappa shape index (κ2) is 60.2. The van der Waals surface area contributed by atoms with Gasteiger partial charge >= 0.3 is 0 Å². The molecule has 0 saturated heterocycles. The van der Waals surface area contributed by atoms with Gasteiger partial charge in [0.05, 0.1) is 17.5 Å². The van der Waals surface area contributed by atoms with Crippen molar-refractivity contribution in [2.24, 2.45) is 10.3 Å². The van der Waals surface area contributed by atoms with E-state index >= 15 is 0 Å². The largest absolute Gasteiger partial charge is 0.381 e. The zero-order chi connectivity index (χ0) is 39.7. The van der Waals surface area contributed by atoms with Crippen LogP contribution < -0.4 is 0 Å². The number of carbonyl (C=O) groups excluding carboxylic acids is 1. The van der Waals surface area contributed by atoms with Gasteiger partial charge in [0, 0.05) is 13.5 Å². The van der Waals surface area contributed by atoms with Crippen molar-refractivity contribution < 1.29 is 9.53 Å². The fraction of sp³-hybridized carbons (Fsp3) is 0.889. The molecule has 0 saturated carbocycles. The monoisotopic (exact) mass is 729 g/mol. The Kier molecular flexibility index (Phi) is 73.5.